The van der Waals surface area contributed by atoms with Crippen LogP contribution in [0.15, 0.2) is 82.3 Å². The Kier molecular flexibility index (Phi) is 7.90. The summed E-state index contributed by atoms with van der Waals surface area (Å²) in [4.78, 5) is 22.7. The van der Waals surface area contributed by atoms with E-state index in [2.05, 4.69) is 5.32 Å². The summed E-state index contributed by atoms with van der Waals surface area (Å²) in [7, 11) is -4.38. The number of nitrogens with zero attached hydrogens (tertiary/aromatic N) is 2. The van der Waals surface area contributed by atoms with Crippen molar-refractivity contribution in [3.05, 3.63) is 88.9 Å². The Labute approximate surface area is 189 Å². The van der Waals surface area contributed by atoms with Crippen molar-refractivity contribution in [1.82, 2.24) is 5.32 Å². The third-order valence-electron chi connectivity index (χ3n) is 4.35. The molecule has 0 aliphatic heterocycles. The lowest BCUT2D eigenvalue weighted by Crippen LogP contribution is -2.41. The highest BCUT2D eigenvalue weighted by Crippen LogP contribution is 2.29. The fourth-order valence-electron chi connectivity index (χ4n) is 2.87. The molecule has 1 heterocycles. The van der Waals surface area contributed by atoms with E-state index in [1.807, 2.05) is 6.07 Å². The average molecular weight is 476 g/mol. The van der Waals surface area contributed by atoms with E-state index in [0.717, 1.165) is 22.2 Å². The lowest BCUT2D eigenvalue weighted by molar-refractivity contribution is -0.387. The SMILES string of the molecule is O=C(CN(c1ccccc1)S(=O)(=O)c1ccccc1[N+](=O)[O-])NCCSCc1ccco1. The maximum absolute atomic E-state index is 13.3. The molecule has 1 amide bonds. The van der Waals surface area contributed by atoms with E-state index in [-0.39, 0.29) is 5.69 Å². The molecule has 32 heavy (non-hydrogen) atoms. The lowest BCUT2D eigenvalue weighted by atomic mass is 10.3. The first-order valence-electron chi connectivity index (χ1n) is 9.57. The van der Waals surface area contributed by atoms with Crippen molar-refractivity contribution < 1.29 is 22.6 Å². The summed E-state index contributed by atoms with van der Waals surface area (Å²) in [6.45, 7) is -0.181. The molecule has 0 atom stereocenters. The zero-order chi connectivity index (χ0) is 23.0. The Morgan fingerprint density at radius 2 is 1.78 bits per heavy atom. The molecule has 168 valence electrons. The molecule has 0 spiro atoms. The number of nitrogens with one attached hydrogen (secondary N) is 1. The van der Waals surface area contributed by atoms with Crippen molar-refractivity contribution >= 4 is 39.1 Å². The minimum atomic E-state index is -4.38. The number of furan rings is 1. The number of hydrogen-bond acceptors (Lipinski definition) is 7. The van der Waals surface area contributed by atoms with Crippen molar-refractivity contribution in [3.63, 3.8) is 0 Å². The number of anilines is 1. The molecule has 0 bridgehead atoms. The molecule has 0 fully saturated rings. The van der Waals surface area contributed by atoms with Gasteiger partial charge in [-0.1, -0.05) is 30.3 Å². The van der Waals surface area contributed by atoms with Gasteiger partial charge in [-0.15, -0.1) is 0 Å². The zero-order valence-electron chi connectivity index (χ0n) is 16.9. The second-order valence-corrected chi connectivity index (χ2v) is 9.49. The molecule has 0 aliphatic rings. The van der Waals surface area contributed by atoms with Crippen LogP contribution in [-0.4, -0.2) is 38.1 Å². The summed E-state index contributed by atoms with van der Waals surface area (Å²) in [5.74, 6) is 1.57. The van der Waals surface area contributed by atoms with E-state index in [1.165, 1.54) is 24.3 Å². The van der Waals surface area contributed by atoms with Crippen LogP contribution in [0.2, 0.25) is 0 Å². The number of carbonyl (C=O) groups excluding carboxylic acids is 1. The van der Waals surface area contributed by atoms with E-state index in [0.29, 0.717) is 18.1 Å². The van der Waals surface area contributed by atoms with Crippen molar-refractivity contribution in [2.24, 2.45) is 0 Å². The summed E-state index contributed by atoms with van der Waals surface area (Å²) in [6, 6.07) is 16.7. The van der Waals surface area contributed by atoms with Crippen LogP contribution in [0.25, 0.3) is 0 Å². The Bertz CT molecular complexity index is 1150. The maximum atomic E-state index is 13.3. The fourth-order valence-corrected chi connectivity index (χ4v) is 5.21. The van der Waals surface area contributed by atoms with Gasteiger partial charge in [-0.3, -0.25) is 19.2 Å². The molecule has 0 saturated heterocycles. The number of benzene rings is 2. The number of hydrogen-bond donors (Lipinski definition) is 1. The molecule has 0 unspecified atom stereocenters. The van der Waals surface area contributed by atoms with Gasteiger partial charge < -0.3 is 9.73 Å². The average Bonchev–Trinajstić information content (AvgIpc) is 3.31. The smallest absolute Gasteiger partial charge is 0.289 e. The van der Waals surface area contributed by atoms with Crippen LogP contribution in [-0.2, 0) is 20.6 Å². The molecule has 9 nitrogen and oxygen atoms in total. The van der Waals surface area contributed by atoms with Crippen LogP contribution in [0.4, 0.5) is 11.4 Å². The van der Waals surface area contributed by atoms with Crippen molar-refractivity contribution in [3.8, 4) is 0 Å². The van der Waals surface area contributed by atoms with E-state index in [9.17, 15) is 23.3 Å². The van der Waals surface area contributed by atoms with Gasteiger partial charge in [0.15, 0.2) is 4.90 Å². The third kappa shape index (κ3) is 5.89. The van der Waals surface area contributed by atoms with Gasteiger partial charge in [0.05, 0.1) is 22.6 Å². The number of rotatable bonds is 11. The number of sulfonamides is 1. The molecular weight excluding hydrogens is 454 g/mol. The highest BCUT2D eigenvalue weighted by atomic mass is 32.2. The van der Waals surface area contributed by atoms with E-state index < -0.39 is 38.0 Å². The molecule has 3 aromatic rings. The quantitative estimate of drug-likeness (QED) is 0.256. The molecule has 0 radical (unpaired) electrons. The Morgan fingerprint density at radius 3 is 2.47 bits per heavy atom. The third-order valence-corrected chi connectivity index (χ3v) is 7.16. The fraction of sp³-hybridized carbons (Fsp3) is 0.190. The summed E-state index contributed by atoms with van der Waals surface area (Å²) in [5, 5.41) is 14.1. The standard InChI is InChI=1S/C21H21N3O6S2/c25-21(22-12-14-31-16-18-9-6-13-30-18)15-23(17-7-2-1-3-8-17)32(28,29)20-11-5-4-10-19(20)24(26)27/h1-11,13H,12,14-16H2,(H,22,25). The number of nitro benzene ring substituents is 1. The van der Waals surface area contributed by atoms with Crippen molar-refractivity contribution in [2.45, 2.75) is 10.6 Å². The molecule has 2 aromatic carbocycles. The Hall–Kier alpha value is -3.31. The number of amides is 1. The highest BCUT2D eigenvalue weighted by molar-refractivity contribution is 7.98. The number of carbonyl (C=O) groups is 1. The summed E-state index contributed by atoms with van der Waals surface area (Å²) < 4.78 is 32.8. The molecule has 0 saturated carbocycles. The molecule has 1 aromatic heterocycles. The van der Waals surface area contributed by atoms with Crippen molar-refractivity contribution in [2.75, 3.05) is 23.1 Å². The first kappa shape index (κ1) is 23.4. The molecule has 1 N–H and O–H groups in total. The van der Waals surface area contributed by atoms with Gasteiger partial charge in [0.25, 0.3) is 15.7 Å². The lowest BCUT2D eigenvalue weighted by Gasteiger charge is -2.24. The Balaban J connectivity index is 1.72. The summed E-state index contributed by atoms with van der Waals surface area (Å²) in [5.41, 5.74) is -0.323. The zero-order valence-corrected chi connectivity index (χ0v) is 18.6. The van der Waals surface area contributed by atoms with Gasteiger partial charge in [-0.05, 0) is 30.3 Å². The van der Waals surface area contributed by atoms with Gasteiger partial charge in [-0.25, -0.2) is 8.42 Å². The largest absolute Gasteiger partial charge is 0.468 e. The minimum Gasteiger partial charge on any atom is -0.468 e. The van der Waals surface area contributed by atoms with Gasteiger partial charge in [0.1, 0.15) is 12.3 Å². The van der Waals surface area contributed by atoms with E-state index >= 15 is 0 Å². The first-order chi connectivity index (χ1) is 15.4. The van der Waals surface area contributed by atoms with Gasteiger partial charge in [-0.2, -0.15) is 11.8 Å². The number of thioether (sulfide) groups is 1. The molecule has 3 rings (SSSR count). The second-order valence-electron chi connectivity index (χ2n) is 6.55. The van der Waals surface area contributed by atoms with Crippen LogP contribution < -0.4 is 9.62 Å². The maximum Gasteiger partial charge on any atom is 0.289 e. The van der Waals surface area contributed by atoms with Gasteiger partial charge in [0.2, 0.25) is 5.91 Å². The topological polar surface area (TPSA) is 123 Å². The summed E-state index contributed by atoms with van der Waals surface area (Å²) >= 11 is 1.56. The monoisotopic (exact) mass is 475 g/mol. The molecule has 11 heteroatoms. The van der Waals surface area contributed by atoms with Crippen LogP contribution in [0.3, 0.4) is 0 Å². The normalized spacial score (nSPS) is 11.1. The highest BCUT2D eigenvalue weighted by Gasteiger charge is 2.32. The van der Waals surface area contributed by atoms with Crippen molar-refractivity contribution in [1.29, 1.82) is 0 Å². The van der Waals surface area contributed by atoms with Crippen LogP contribution >= 0.6 is 11.8 Å². The van der Waals surface area contributed by atoms with E-state index in [4.69, 9.17) is 4.42 Å². The van der Waals surface area contributed by atoms with E-state index in [1.54, 1.807) is 42.3 Å². The van der Waals surface area contributed by atoms with Crippen LogP contribution in [0.1, 0.15) is 5.76 Å². The first-order valence-corrected chi connectivity index (χ1v) is 12.2. The Morgan fingerprint density at radius 1 is 1.06 bits per heavy atom. The van der Waals surface area contributed by atoms with Gasteiger partial charge in [0, 0.05) is 18.4 Å². The predicted octanol–water partition coefficient (Wildman–Crippen LogP) is 3.43. The molecular formula is C21H21N3O6S2. The second kappa shape index (κ2) is 10.8. The molecule has 0 aliphatic carbocycles. The van der Waals surface area contributed by atoms with Crippen LogP contribution in [0.5, 0.6) is 0 Å². The van der Waals surface area contributed by atoms with Gasteiger partial charge >= 0.3 is 0 Å². The predicted molar refractivity (Wildman–Crippen MR) is 122 cm³/mol. The minimum absolute atomic E-state index is 0.230. The number of para-hydroxylation sites is 2. The summed E-state index contributed by atoms with van der Waals surface area (Å²) in [6.07, 6.45) is 1.59. The van der Waals surface area contributed by atoms with Crippen LogP contribution in [0, 0.1) is 10.1 Å². The number of nitro groups is 1.